The average Bonchev–Trinajstić information content (AvgIpc) is 3.03. The quantitative estimate of drug-likeness (QED) is 0.302. The summed E-state index contributed by atoms with van der Waals surface area (Å²) in [6.45, 7) is -0.965. The number of rotatable bonds is 3. The van der Waals surface area contributed by atoms with Gasteiger partial charge >= 0.3 is 6.08 Å². The molecule has 1 fully saturated rings. The number of hydrogen-bond acceptors (Lipinski definition) is 8. The zero-order valence-corrected chi connectivity index (χ0v) is 11.3. The molecule has 11 nitrogen and oxygen atoms in total. The fourth-order valence-corrected chi connectivity index (χ4v) is 2.38. The monoisotopic (exact) mass is 328 g/mol. The minimum Gasteiger partial charge on any atom is -0.393 e. The molecule has 1 aliphatic rings. The van der Waals surface area contributed by atoms with Crippen molar-refractivity contribution in [3.05, 3.63) is 22.8 Å². The van der Waals surface area contributed by atoms with E-state index >= 15 is 0 Å². The molecule has 13 heteroatoms. The van der Waals surface area contributed by atoms with Crippen LogP contribution in [0.3, 0.4) is 0 Å². The van der Waals surface area contributed by atoms with Crippen molar-refractivity contribution in [2.75, 3.05) is 12.3 Å². The first-order valence-electron chi connectivity index (χ1n) is 6.26. The van der Waals surface area contributed by atoms with Gasteiger partial charge in [0.1, 0.15) is 6.10 Å². The topological polar surface area (TPSA) is 168 Å². The van der Waals surface area contributed by atoms with Crippen LogP contribution in [0.25, 0.3) is 21.6 Å². The van der Waals surface area contributed by atoms with Crippen molar-refractivity contribution in [2.24, 2.45) is 5.11 Å². The van der Waals surface area contributed by atoms with Gasteiger partial charge in [-0.15, -0.1) is 0 Å². The van der Waals surface area contributed by atoms with E-state index in [-0.39, 0.29) is 17.0 Å². The van der Waals surface area contributed by atoms with Crippen LogP contribution in [-0.2, 0) is 4.74 Å². The first-order chi connectivity index (χ1) is 10.9. The maximum absolute atomic E-state index is 14.4. The highest BCUT2D eigenvalue weighted by atomic mass is 19.1. The molecule has 0 aromatic carbocycles. The van der Waals surface area contributed by atoms with Crippen molar-refractivity contribution in [3.8, 4) is 0 Å². The third kappa shape index (κ3) is 2.14. The molecular weight excluding hydrogens is 318 g/mol. The summed E-state index contributed by atoms with van der Waals surface area (Å²) >= 11 is 0. The predicted molar refractivity (Wildman–Crippen MR) is 69.7 cm³/mol. The number of imidazole rings is 1. The maximum Gasteiger partial charge on any atom is 0.312 e. The number of azide groups is 1. The Morgan fingerprint density at radius 2 is 2.30 bits per heavy atom. The summed E-state index contributed by atoms with van der Waals surface area (Å²) in [5.41, 5.74) is 11.6. The molecule has 2 aromatic heterocycles. The smallest absolute Gasteiger partial charge is 0.312 e. The van der Waals surface area contributed by atoms with Crippen LogP contribution in [0.5, 0.6) is 0 Å². The molecule has 4 N–H and O–H groups in total. The Morgan fingerprint density at radius 3 is 2.96 bits per heavy atom. The highest BCUT2D eigenvalue weighted by Crippen LogP contribution is 2.41. The van der Waals surface area contributed by atoms with Crippen molar-refractivity contribution in [1.82, 2.24) is 19.5 Å². The van der Waals surface area contributed by atoms with Crippen molar-refractivity contribution < 1.29 is 23.7 Å². The summed E-state index contributed by atoms with van der Waals surface area (Å²) in [7, 11) is 0. The number of hydrogen-bond donors (Lipinski definition) is 3. The van der Waals surface area contributed by atoms with Gasteiger partial charge in [0.25, 0.3) is 0 Å². The average molecular weight is 328 g/mol. The lowest BCUT2D eigenvalue weighted by molar-refractivity contribution is -0.122. The number of aromatic nitrogens is 4. The number of halogens is 2. The minimum atomic E-state index is -2.22. The molecule has 0 saturated carbocycles. The van der Waals surface area contributed by atoms with Gasteiger partial charge in [0.15, 0.2) is 29.4 Å². The van der Waals surface area contributed by atoms with Crippen LogP contribution in [0.1, 0.15) is 6.23 Å². The van der Waals surface area contributed by atoms with E-state index in [2.05, 4.69) is 25.0 Å². The van der Waals surface area contributed by atoms with Crippen LogP contribution >= 0.6 is 0 Å². The van der Waals surface area contributed by atoms with Crippen molar-refractivity contribution >= 4 is 17.0 Å². The molecule has 2 aromatic rings. The fraction of sp³-hybridized carbons (Fsp3) is 0.500. The van der Waals surface area contributed by atoms with Gasteiger partial charge in [-0.1, -0.05) is 5.11 Å². The largest absolute Gasteiger partial charge is 0.393 e. The van der Waals surface area contributed by atoms with Gasteiger partial charge in [0.2, 0.25) is 5.72 Å². The van der Waals surface area contributed by atoms with E-state index in [1.54, 1.807) is 0 Å². The number of nitrogens with two attached hydrogens (primary N) is 1. The molecule has 4 atom stereocenters. The van der Waals surface area contributed by atoms with Gasteiger partial charge in [0, 0.05) is 4.91 Å². The lowest BCUT2D eigenvalue weighted by atomic mass is 10.1. The van der Waals surface area contributed by atoms with Gasteiger partial charge in [0.05, 0.1) is 12.9 Å². The molecule has 3 rings (SSSR count). The van der Waals surface area contributed by atoms with Gasteiger partial charge < -0.3 is 20.7 Å². The molecule has 4 unspecified atom stereocenters. The number of anilines is 1. The van der Waals surface area contributed by atoms with E-state index in [4.69, 9.17) is 16.0 Å². The summed E-state index contributed by atoms with van der Waals surface area (Å²) in [6.07, 6.45) is -5.72. The summed E-state index contributed by atoms with van der Waals surface area (Å²) in [6, 6.07) is 0. The number of fused-ring (bicyclic) bond motifs is 1. The maximum atomic E-state index is 14.4. The normalized spacial score (nSPS) is 30.5. The highest BCUT2D eigenvalue weighted by molar-refractivity contribution is 5.81. The Bertz CT molecular complexity index is 809. The standard InChI is InChI=1S/C10H10F2N8O3/c11-3-5(22)10(1-21,18-19-14)23-8(3)20-2-15-4-6(13)16-9(12)17-7(4)20/h2-3,5,8,21-22H,1H2,(H2,13,16,17). The fourth-order valence-electron chi connectivity index (χ4n) is 2.38. The molecule has 1 saturated heterocycles. The van der Waals surface area contributed by atoms with Gasteiger partial charge in [-0.3, -0.25) is 4.57 Å². The lowest BCUT2D eigenvalue weighted by Gasteiger charge is -2.23. The summed E-state index contributed by atoms with van der Waals surface area (Å²) < 4.78 is 33.9. The first-order valence-corrected chi connectivity index (χ1v) is 6.26. The SMILES string of the molecule is [N-]=[N+]=NC1(CO)OC(n2cnc3c(N)nc(F)nc32)C(F)C1O. The second-order valence-electron chi connectivity index (χ2n) is 4.79. The third-order valence-electron chi connectivity index (χ3n) is 3.50. The van der Waals surface area contributed by atoms with Gasteiger partial charge in [-0.05, 0) is 5.53 Å². The molecule has 0 spiro atoms. The van der Waals surface area contributed by atoms with Crippen LogP contribution in [0, 0.1) is 6.08 Å². The Kier molecular flexibility index (Phi) is 3.49. The molecule has 1 aliphatic heterocycles. The lowest BCUT2D eigenvalue weighted by Crippen LogP contribution is -2.43. The summed E-state index contributed by atoms with van der Waals surface area (Å²) in [5, 5.41) is 22.3. The molecule has 0 amide bonds. The Balaban J connectivity index is 2.11. The van der Waals surface area contributed by atoms with Crippen LogP contribution in [-0.4, -0.2) is 54.3 Å². The molecule has 0 bridgehead atoms. The number of nitrogens with zero attached hydrogens (tertiary/aromatic N) is 7. The van der Waals surface area contributed by atoms with Crippen LogP contribution < -0.4 is 5.73 Å². The van der Waals surface area contributed by atoms with Crippen molar-refractivity contribution in [3.63, 3.8) is 0 Å². The molecular formula is C10H10F2N8O3. The van der Waals surface area contributed by atoms with E-state index in [1.807, 2.05) is 0 Å². The zero-order chi connectivity index (χ0) is 16.8. The molecule has 122 valence electrons. The third-order valence-corrected chi connectivity index (χ3v) is 3.50. The van der Waals surface area contributed by atoms with E-state index in [0.717, 1.165) is 10.9 Å². The predicted octanol–water partition coefficient (Wildman–Crippen LogP) is -0.226. The van der Waals surface area contributed by atoms with E-state index in [0.29, 0.717) is 0 Å². The first kappa shape index (κ1) is 15.3. The number of ether oxygens (including phenoxy) is 1. The molecule has 23 heavy (non-hydrogen) atoms. The highest BCUT2D eigenvalue weighted by Gasteiger charge is 2.56. The molecule has 0 aliphatic carbocycles. The Morgan fingerprint density at radius 1 is 1.57 bits per heavy atom. The number of alkyl halides is 1. The van der Waals surface area contributed by atoms with Gasteiger partial charge in [-0.2, -0.15) is 14.4 Å². The van der Waals surface area contributed by atoms with E-state index < -0.39 is 36.9 Å². The van der Waals surface area contributed by atoms with E-state index in [9.17, 15) is 19.0 Å². The Hall–Kier alpha value is -2.60. The molecule has 0 radical (unpaired) electrons. The second-order valence-corrected chi connectivity index (χ2v) is 4.79. The number of aliphatic hydroxyl groups is 2. The minimum absolute atomic E-state index is 0.00183. The van der Waals surface area contributed by atoms with Crippen LogP contribution in [0.2, 0.25) is 0 Å². The second kappa shape index (κ2) is 5.24. The van der Waals surface area contributed by atoms with Crippen molar-refractivity contribution in [1.29, 1.82) is 0 Å². The summed E-state index contributed by atoms with van der Waals surface area (Å²) in [4.78, 5) is 13.0. The summed E-state index contributed by atoms with van der Waals surface area (Å²) in [5.74, 6) is -0.260. The van der Waals surface area contributed by atoms with Gasteiger partial charge in [-0.25, -0.2) is 9.37 Å². The number of aliphatic hydroxyl groups excluding tert-OH is 2. The van der Waals surface area contributed by atoms with Crippen molar-refractivity contribution in [2.45, 2.75) is 24.2 Å². The van der Waals surface area contributed by atoms with Crippen LogP contribution in [0.4, 0.5) is 14.6 Å². The van der Waals surface area contributed by atoms with Crippen LogP contribution in [0.15, 0.2) is 11.4 Å². The number of nitrogen functional groups attached to an aromatic ring is 1. The zero-order valence-electron chi connectivity index (χ0n) is 11.3. The molecule has 3 heterocycles. The Labute approximate surface area is 126 Å². The van der Waals surface area contributed by atoms with E-state index in [1.165, 1.54) is 0 Å².